The van der Waals surface area contributed by atoms with Crippen molar-refractivity contribution in [2.24, 2.45) is 11.7 Å². The first-order chi connectivity index (χ1) is 15.8. The number of halogens is 3. The molecule has 0 radical (unpaired) electrons. The van der Waals surface area contributed by atoms with E-state index in [-0.39, 0.29) is 40.9 Å². The fourth-order valence-corrected chi connectivity index (χ4v) is 4.90. The first-order valence-electron chi connectivity index (χ1n) is 10.8. The Morgan fingerprint density at radius 2 is 1.82 bits per heavy atom. The van der Waals surface area contributed by atoms with Crippen LogP contribution < -0.4 is 26.6 Å². The SMILES string of the molecule is COc1c(N2CCC(C(N)c3c(F)cccc3F)C2)c(F)cn2c(=O)[nH]c(=O)c(C3CC3)c12. The van der Waals surface area contributed by atoms with Crippen LogP contribution in [0.25, 0.3) is 5.52 Å². The van der Waals surface area contributed by atoms with Gasteiger partial charge in [0.2, 0.25) is 0 Å². The van der Waals surface area contributed by atoms with Crippen LogP contribution in [0.15, 0.2) is 34.0 Å². The lowest BCUT2D eigenvalue weighted by Crippen LogP contribution is -2.31. The zero-order valence-corrected chi connectivity index (χ0v) is 17.9. The predicted octanol–water partition coefficient (Wildman–Crippen LogP) is 2.82. The Kier molecular flexibility index (Phi) is 5.19. The van der Waals surface area contributed by atoms with Gasteiger partial charge in [-0.25, -0.2) is 18.0 Å². The molecule has 5 rings (SSSR count). The van der Waals surface area contributed by atoms with E-state index in [9.17, 15) is 18.4 Å². The molecule has 1 aliphatic carbocycles. The molecule has 1 aliphatic heterocycles. The average Bonchev–Trinajstić information content (AvgIpc) is 3.48. The molecule has 2 atom stereocenters. The van der Waals surface area contributed by atoms with Crippen LogP contribution in [0.3, 0.4) is 0 Å². The van der Waals surface area contributed by atoms with Crippen molar-refractivity contribution in [3.05, 3.63) is 73.8 Å². The van der Waals surface area contributed by atoms with Gasteiger partial charge in [-0.2, -0.15) is 0 Å². The molecule has 7 nitrogen and oxygen atoms in total. The van der Waals surface area contributed by atoms with Gasteiger partial charge in [-0.15, -0.1) is 0 Å². The average molecular weight is 460 g/mol. The number of nitrogens with zero attached hydrogens (tertiary/aromatic N) is 2. The summed E-state index contributed by atoms with van der Waals surface area (Å²) in [6, 6.07) is 2.67. The van der Waals surface area contributed by atoms with E-state index < -0.39 is 34.7 Å². The van der Waals surface area contributed by atoms with Crippen molar-refractivity contribution in [3.8, 4) is 5.75 Å². The molecule has 3 heterocycles. The Balaban J connectivity index is 1.58. The minimum atomic E-state index is -0.918. The molecular weight excluding hydrogens is 437 g/mol. The molecule has 33 heavy (non-hydrogen) atoms. The number of nitrogens with two attached hydrogens (primary N) is 1. The number of fused-ring (bicyclic) bond motifs is 1. The third-order valence-electron chi connectivity index (χ3n) is 6.65. The van der Waals surface area contributed by atoms with Crippen molar-refractivity contribution in [2.75, 3.05) is 25.1 Å². The lowest BCUT2D eigenvalue weighted by molar-refractivity contribution is 0.411. The lowest BCUT2D eigenvalue weighted by Gasteiger charge is -2.25. The maximum Gasteiger partial charge on any atom is 0.333 e. The van der Waals surface area contributed by atoms with Crippen molar-refractivity contribution in [1.29, 1.82) is 0 Å². The van der Waals surface area contributed by atoms with Gasteiger partial charge in [-0.3, -0.25) is 14.2 Å². The van der Waals surface area contributed by atoms with Gasteiger partial charge in [-0.05, 0) is 43.2 Å². The number of pyridine rings is 1. The quantitative estimate of drug-likeness (QED) is 0.611. The Morgan fingerprint density at radius 1 is 1.12 bits per heavy atom. The molecular formula is C23H23F3N4O3. The first-order valence-corrected chi connectivity index (χ1v) is 10.8. The van der Waals surface area contributed by atoms with E-state index in [1.165, 1.54) is 13.2 Å². The van der Waals surface area contributed by atoms with E-state index in [4.69, 9.17) is 10.5 Å². The van der Waals surface area contributed by atoms with Crippen LogP contribution in [-0.2, 0) is 0 Å². The molecule has 0 bridgehead atoms. The Bertz CT molecular complexity index is 1350. The third kappa shape index (κ3) is 3.49. The number of nitrogens with one attached hydrogen (secondary N) is 1. The molecule has 10 heteroatoms. The van der Waals surface area contributed by atoms with E-state index >= 15 is 4.39 Å². The van der Waals surface area contributed by atoms with E-state index in [0.29, 0.717) is 18.5 Å². The van der Waals surface area contributed by atoms with Crippen molar-refractivity contribution < 1.29 is 17.9 Å². The van der Waals surface area contributed by atoms with Crippen molar-refractivity contribution in [2.45, 2.75) is 31.2 Å². The second kappa shape index (κ2) is 7.95. The third-order valence-corrected chi connectivity index (χ3v) is 6.65. The minimum absolute atomic E-state index is 0.0275. The van der Waals surface area contributed by atoms with Crippen LogP contribution in [0, 0.1) is 23.4 Å². The molecule has 1 saturated carbocycles. The van der Waals surface area contributed by atoms with E-state index in [2.05, 4.69) is 4.98 Å². The molecule has 0 spiro atoms. The maximum atomic E-state index is 15.3. The number of hydrogen-bond acceptors (Lipinski definition) is 5. The summed E-state index contributed by atoms with van der Waals surface area (Å²) < 4.78 is 50.4. The van der Waals surface area contributed by atoms with Crippen molar-refractivity contribution in [3.63, 3.8) is 0 Å². The summed E-state index contributed by atoms with van der Waals surface area (Å²) in [5.41, 5.74) is 5.53. The zero-order chi connectivity index (χ0) is 23.4. The van der Waals surface area contributed by atoms with E-state index in [0.717, 1.165) is 35.6 Å². The number of anilines is 1. The summed E-state index contributed by atoms with van der Waals surface area (Å²) in [5, 5.41) is 0. The predicted molar refractivity (Wildman–Crippen MR) is 116 cm³/mol. The van der Waals surface area contributed by atoms with Crippen LogP contribution in [-0.4, -0.2) is 29.6 Å². The molecule has 0 amide bonds. The van der Waals surface area contributed by atoms with Crippen molar-refractivity contribution >= 4 is 11.2 Å². The topological polar surface area (TPSA) is 92.8 Å². The lowest BCUT2D eigenvalue weighted by atomic mass is 9.92. The van der Waals surface area contributed by atoms with Gasteiger partial charge in [-0.1, -0.05) is 6.07 Å². The van der Waals surface area contributed by atoms with E-state index in [1.54, 1.807) is 4.90 Å². The molecule has 3 aromatic rings. The molecule has 2 unspecified atom stereocenters. The normalized spacial score (nSPS) is 19.3. The number of aromatic nitrogens is 2. The fraction of sp³-hybridized carbons (Fsp3) is 0.391. The minimum Gasteiger partial charge on any atom is -0.492 e. The monoisotopic (exact) mass is 460 g/mol. The number of ether oxygens (including phenoxy) is 1. The highest BCUT2D eigenvalue weighted by atomic mass is 19.1. The number of aromatic amines is 1. The summed E-state index contributed by atoms with van der Waals surface area (Å²) in [6.07, 6.45) is 3.10. The first kappa shape index (κ1) is 21.6. The maximum absolute atomic E-state index is 15.3. The Morgan fingerprint density at radius 3 is 2.45 bits per heavy atom. The van der Waals surface area contributed by atoms with Crippen LogP contribution in [0.1, 0.15) is 42.3 Å². The summed E-state index contributed by atoms with van der Waals surface area (Å²) >= 11 is 0. The second-order valence-electron chi connectivity index (χ2n) is 8.68. The van der Waals surface area contributed by atoms with Crippen LogP contribution in [0.2, 0.25) is 0 Å². The summed E-state index contributed by atoms with van der Waals surface area (Å²) in [4.78, 5) is 28.9. The summed E-state index contributed by atoms with van der Waals surface area (Å²) in [7, 11) is 1.36. The van der Waals surface area contributed by atoms with Gasteiger partial charge < -0.3 is 15.4 Å². The zero-order valence-electron chi connectivity index (χ0n) is 17.9. The number of rotatable bonds is 5. The van der Waals surface area contributed by atoms with Gasteiger partial charge in [0.15, 0.2) is 11.6 Å². The van der Waals surface area contributed by atoms with E-state index in [1.807, 2.05) is 0 Å². The smallest absolute Gasteiger partial charge is 0.333 e. The highest BCUT2D eigenvalue weighted by Crippen LogP contribution is 2.45. The molecule has 3 N–H and O–H groups in total. The summed E-state index contributed by atoms with van der Waals surface area (Å²) in [5.74, 6) is -2.43. The molecule has 2 aromatic heterocycles. The second-order valence-corrected chi connectivity index (χ2v) is 8.68. The molecule has 2 aliphatic rings. The summed E-state index contributed by atoms with van der Waals surface area (Å²) in [6.45, 7) is 0.592. The Hall–Kier alpha value is -3.27. The molecule has 1 saturated heterocycles. The van der Waals surface area contributed by atoms with Gasteiger partial charge in [0.05, 0.1) is 13.3 Å². The number of H-pyrrole nitrogens is 1. The molecule has 174 valence electrons. The highest BCUT2D eigenvalue weighted by Gasteiger charge is 2.36. The number of methoxy groups -OCH3 is 1. The highest BCUT2D eigenvalue weighted by molar-refractivity contribution is 5.78. The molecule has 1 aromatic carbocycles. The van der Waals surface area contributed by atoms with Gasteiger partial charge in [0.25, 0.3) is 5.56 Å². The number of benzene rings is 1. The molecule has 2 fully saturated rings. The van der Waals surface area contributed by atoms with Gasteiger partial charge >= 0.3 is 5.69 Å². The largest absolute Gasteiger partial charge is 0.492 e. The van der Waals surface area contributed by atoms with Gasteiger partial charge in [0, 0.05) is 30.3 Å². The van der Waals surface area contributed by atoms with Crippen LogP contribution in [0.4, 0.5) is 18.9 Å². The van der Waals surface area contributed by atoms with Crippen LogP contribution >= 0.6 is 0 Å². The van der Waals surface area contributed by atoms with Gasteiger partial charge in [0.1, 0.15) is 22.8 Å². The van der Waals surface area contributed by atoms with Crippen LogP contribution in [0.5, 0.6) is 5.75 Å². The Labute approximate surface area is 186 Å². The number of hydrogen-bond donors (Lipinski definition) is 2. The standard InChI is InChI=1S/C23H23F3N4O3/c1-33-21-19(15(26)10-30-20(21)16(11-5-6-11)22(31)28-23(30)32)29-8-7-12(9-29)18(27)17-13(24)3-2-4-14(17)25/h2-4,10-12,18H,5-9,27H2,1H3,(H,28,31,32). The van der Waals surface area contributed by atoms with Crippen molar-refractivity contribution in [1.82, 2.24) is 9.38 Å². The fourth-order valence-electron chi connectivity index (χ4n) is 4.90.